The van der Waals surface area contributed by atoms with Crippen LogP contribution < -0.4 is 10.5 Å². The fourth-order valence-electron chi connectivity index (χ4n) is 1.30. The molecule has 0 saturated carbocycles. The third-order valence-electron chi connectivity index (χ3n) is 2.32. The van der Waals surface area contributed by atoms with Crippen molar-refractivity contribution in [2.75, 3.05) is 7.11 Å². The van der Waals surface area contributed by atoms with Gasteiger partial charge in [0, 0.05) is 6.04 Å². The molecule has 4 nitrogen and oxygen atoms in total. The number of rotatable bonds is 4. The Labute approximate surface area is 99.5 Å². The Balaban J connectivity index is 2.83. The first-order valence-corrected chi connectivity index (χ1v) is 5.25. The van der Waals surface area contributed by atoms with Gasteiger partial charge < -0.3 is 15.2 Å². The molecule has 1 aromatic carbocycles. The van der Waals surface area contributed by atoms with Crippen molar-refractivity contribution in [3.05, 3.63) is 29.6 Å². The molecule has 0 fully saturated rings. The first-order chi connectivity index (χ1) is 7.95. The molecule has 0 radical (unpaired) electrons. The maximum absolute atomic E-state index is 13.6. The molecule has 2 atom stereocenters. The molecule has 94 valence electrons. The predicted octanol–water partition coefficient (Wildman–Crippen LogP) is 1.79. The lowest BCUT2D eigenvalue weighted by molar-refractivity contribution is -0.148. The molecule has 0 heterocycles. The highest BCUT2D eigenvalue weighted by Gasteiger charge is 2.17. The van der Waals surface area contributed by atoms with E-state index in [1.165, 1.54) is 26.2 Å². The van der Waals surface area contributed by atoms with Crippen LogP contribution in [-0.4, -0.2) is 19.2 Å². The molecule has 1 rings (SSSR count). The van der Waals surface area contributed by atoms with Gasteiger partial charge in [-0.25, -0.2) is 9.18 Å². The lowest BCUT2D eigenvalue weighted by Crippen LogP contribution is -2.25. The topological polar surface area (TPSA) is 61.5 Å². The molecule has 0 saturated heterocycles. The summed E-state index contributed by atoms with van der Waals surface area (Å²) in [6, 6.07) is 4.15. The summed E-state index contributed by atoms with van der Waals surface area (Å²) in [5.74, 6) is -1.09. The Bertz CT molecular complexity index is 407. The summed E-state index contributed by atoms with van der Waals surface area (Å²) in [6.45, 7) is 3.25. The molecule has 0 aliphatic rings. The van der Waals surface area contributed by atoms with E-state index in [9.17, 15) is 9.18 Å². The number of methoxy groups -OCH3 is 1. The summed E-state index contributed by atoms with van der Waals surface area (Å²) >= 11 is 0. The van der Waals surface area contributed by atoms with Gasteiger partial charge in [0.05, 0.1) is 7.11 Å². The van der Waals surface area contributed by atoms with E-state index in [4.69, 9.17) is 10.5 Å². The van der Waals surface area contributed by atoms with E-state index in [-0.39, 0.29) is 11.8 Å². The van der Waals surface area contributed by atoms with Crippen LogP contribution in [0.4, 0.5) is 4.39 Å². The lowest BCUT2D eigenvalue weighted by atomic mass is 10.1. The van der Waals surface area contributed by atoms with Gasteiger partial charge in [0.2, 0.25) is 0 Å². The largest absolute Gasteiger partial charge is 0.476 e. The van der Waals surface area contributed by atoms with Crippen LogP contribution in [0.2, 0.25) is 0 Å². The van der Waals surface area contributed by atoms with Crippen LogP contribution in [-0.2, 0) is 9.53 Å². The van der Waals surface area contributed by atoms with E-state index < -0.39 is 17.9 Å². The van der Waals surface area contributed by atoms with E-state index >= 15 is 0 Å². The molecular formula is C12H16FNO3. The maximum Gasteiger partial charge on any atom is 0.346 e. The summed E-state index contributed by atoms with van der Waals surface area (Å²) in [4.78, 5) is 11.1. The average Bonchev–Trinajstić information content (AvgIpc) is 2.30. The molecule has 0 aliphatic carbocycles. The third kappa shape index (κ3) is 3.42. The third-order valence-corrected chi connectivity index (χ3v) is 2.32. The monoisotopic (exact) mass is 241 g/mol. The number of carbonyl (C=O) groups is 1. The summed E-state index contributed by atoms with van der Waals surface area (Å²) in [5, 5.41) is 0. The molecule has 0 spiro atoms. The molecule has 1 aromatic rings. The van der Waals surface area contributed by atoms with Gasteiger partial charge in [-0.1, -0.05) is 6.07 Å². The van der Waals surface area contributed by atoms with Gasteiger partial charge in [-0.15, -0.1) is 0 Å². The van der Waals surface area contributed by atoms with Gasteiger partial charge in [-0.2, -0.15) is 0 Å². The summed E-state index contributed by atoms with van der Waals surface area (Å²) < 4.78 is 23.2. The zero-order valence-electron chi connectivity index (χ0n) is 10.1. The summed E-state index contributed by atoms with van der Waals surface area (Å²) in [6.07, 6.45) is -0.851. The smallest absolute Gasteiger partial charge is 0.346 e. The van der Waals surface area contributed by atoms with Crippen molar-refractivity contribution in [2.24, 2.45) is 5.73 Å². The van der Waals surface area contributed by atoms with Crippen molar-refractivity contribution in [3.63, 3.8) is 0 Å². The summed E-state index contributed by atoms with van der Waals surface area (Å²) in [5.41, 5.74) is 6.29. The molecule has 2 unspecified atom stereocenters. The van der Waals surface area contributed by atoms with Crippen LogP contribution >= 0.6 is 0 Å². The van der Waals surface area contributed by atoms with Gasteiger partial charge in [0.1, 0.15) is 0 Å². The Kier molecular flexibility index (Phi) is 4.45. The van der Waals surface area contributed by atoms with Crippen molar-refractivity contribution in [1.82, 2.24) is 0 Å². The van der Waals surface area contributed by atoms with Crippen LogP contribution in [0.3, 0.4) is 0 Å². The number of halogens is 1. The van der Waals surface area contributed by atoms with E-state index in [1.54, 1.807) is 13.0 Å². The van der Waals surface area contributed by atoms with Gasteiger partial charge >= 0.3 is 5.97 Å². The van der Waals surface area contributed by atoms with Gasteiger partial charge in [-0.05, 0) is 31.5 Å². The normalized spacial score (nSPS) is 13.9. The van der Waals surface area contributed by atoms with Crippen molar-refractivity contribution >= 4 is 5.97 Å². The molecule has 0 bridgehead atoms. The number of ether oxygens (including phenoxy) is 2. The molecule has 0 aromatic heterocycles. The Morgan fingerprint density at radius 3 is 2.53 bits per heavy atom. The van der Waals surface area contributed by atoms with Gasteiger partial charge in [0.25, 0.3) is 0 Å². The number of esters is 1. The second-order valence-corrected chi connectivity index (χ2v) is 3.76. The van der Waals surface area contributed by atoms with E-state index in [2.05, 4.69) is 4.74 Å². The Morgan fingerprint density at radius 2 is 2.06 bits per heavy atom. The molecule has 0 aliphatic heterocycles. The minimum absolute atomic E-state index is 0.00676. The van der Waals surface area contributed by atoms with Crippen molar-refractivity contribution in [1.29, 1.82) is 0 Å². The van der Waals surface area contributed by atoms with Crippen LogP contribution in [0.1, 0.15) is 25.5 Å². The summed E-state index contributed by atoms with van der Waals surface area (Å²) in [7, 11) is 1.25. The van der Waals surface area contributed by atoms with Crippen LogP contribution in [0, 0.1) is 5.82 Å². The molecule has 0 amide bonds. The maximum atomic E-state index is 13.6. The number of benzene rings is 1. The Hall–Kier alpha value is -1.62. The highest BCUT2D eigenvalue weighted by molar-refractivity contribution is 5.74. The van der Waals surface area contributed by atoms with Crippen LogP contribution in [0.25, 0.3) is 0 Å². The van der Waals surface area contributed by atoms with E-state index in [0.717, 1.165) is 0 Å². The fraction of sp³-hybridized carbons (Fsp3) is 0.417. The number of nitrogens with two attached hydrogens (primary N) is 1. The second kappa shape index (κ2) is 5.63. The number of hydrogen-bond acceptors (Lipinski definition) is 4. The molecule has 17 heavy (non-hydrogen) atoms. The number of hydrogen-bond donors (Lipinski definition) is 1. The molecular weight excluding hydrogens is 225 g/mol. The zero-order chi connectivity index (χ0) is 13.0. The zero-order valence-corrected chi connectivity index (χ0v) is 10.1. The molecule has 5 heteroatoms. The SMILES string of the molecule is COC(=O)C(C)Oc1ccc(C(C)N)cc1F. The first-order valence-electron chi connectivity index (χ1n) is 5.25. The van der Waals surface area contributed by atoms with Crippen LogP contribution in [0.5, 0.6) is 5.75 Å². The average molecular weight is 241 g/mol. The fourth-order valence-corrected chi connectivity index (χ4v) is 1.30. The van der Waals surface area contributed by atoms with Gasteiger partial charge in [-0.3, -0.25) is 0 Å². The lowest BCUT2D eigenvalue weighted by Gasteiger charge is -2.14. The van der Waals surface area contributed by atoms with Crippen molar-refractivity contribution in [2.45, 2.75) is 26.0 Å². The second-order valence-electron chi connectivity index (χ2n) is 3.76. The van der Waals surface area contributed by atoms with Gasteiger partial charge in [0.15, 0.2) is 17.7 Å². The van der Waals surface area contributed by atoms with E-state index in [1.807, 2.05) is 0 Å². The standard InChI is InChI=1S/C12H16FNO3/c1-7(14)9-4-5-11(10(13)6-9)17-8(2)12(15)16-3/h4-8H,14H2,1-3H3. The predicted molar refractivity (Wildman–Crippen MR) is 61.1 cm³/mol. The highest BCUT2D eigenvalue weighted by Crippen LogP contribution is 2.22. The quantitative estimate of drug-likeness (QED) is 0.816. The minimum atomic E-state index is -0.851. The van der Waals surface area contributed by atoms with Crippen molar-refractivity contribution in [3.8, 4) is 5.75 Å². The minimum Gasteiger partial charge on any atom is -0.476 e. The number of carbonyl (C=O) groups excluding carboxylic acids is 1. The van der Waals surface area contributed by atoms with Crippen LogP contribution in [0.15, 0.2) is 18.2 Å². The molecule has 2 N–H and O–H groups in total. The van der Waals surface area contributed by atoms with Crippen molar-refractivity contribution < 1.29 is 18.7 Å². The van der Waals surface area contributed by atoms with E-state index in [0.29, 0.717) is 5.56 Å². The first kappa shape index (κ1) is 13.4. The highest BCUT2D eigenvalue weighted by atomic mass is 19.1. The Morgan fingerprint density at radius 1 is 1.41 bits per heavy atom.